The van der Waals surface area contributed by atoms with Crippen LogP contribution in [0.2, 0.25) is 0 Å². The highest BCUT2D eigenvalue weighted by Crippen LogP contribution is 2.45. The molecule has 2 fully saturated rings. The molecule has 3 N–H and O–H groups in total. The summed E-state index contributed by atoms with van der Waals surface area (Å²) in [6.45, 7) is 6.62. The van der Waals surface area contributed by atoms with Gasteiger partial charge in [0, 0.05) is 25.0 Å². The molecule has 1 saturated heterocycles. The van der Waals surface area contributed by atoms with Gasteiger partial charge >= 0.3 is 0 Å². The number of nitrogens with zero attached hydrogens (tertiary/aromatic N) is 1. The van der Waals surface area contributed by atoms with Gasteiger partial charge in [0.25, 0.3) is 0 Å². The monoisotopic (exact) mass is 351 g/mol. The fourth-order valence-electron chi connectivity index (χ4n) is 3.91. The lowest BCUT2D eigenvalue weighted by Gasteiger charge is -2.39. The molecule has 1 saturated carbocycles. The maximum absolute atomic E-state index is 12.4. The average molecular weight is 352 g/mol. The van der Waals surface area contributed by atoms with Gasteiger partial charge in [-0.25, -0.2) is 0 Å². The minimum atomic E-state index is -0.769. The number of hydrogen-bond donors (Lipinski definition) is 2. The average Bonchev–Trinajstić information content (AvgIpc) is 2.97. The Kier molecular flexibility index (Phi) is 5.25. The molecule has 1 aliphatic carbocycles. The summed E-state index contributed by atoms with van der Waals surface area (Å²) in [5.74, 6) is 2.03. The van der Waals surface area contributed by atoms with E-state index in [9.17, 15) is 4.79 Å². The highest BCUT2D eigenvalue weighted by atomic mass is 32.2. The number of thioether (sulfide) groups is 1. The quantitative estimate of drug-likeness (QED) is 0.814. The molecule has 0 bridgehead atoms. The molecule has 2 aliphatic heterocycles. The van der Waals surface area contributed by atoms with Crippen LogP contribution < -0.4 is 11.1 Å². The second-order valence-electron chi connectivity index (χ2n) is 8.16. The Bertz CT molecular complexity index is 552. The van der Waals surface area contributed by atoms with Crippen LogP contribution in [0.5, 0.6) is 0 Å². The number of rotatable bonds is 4. The van der Waals surface area contributed by atoms with E-state index in [1.165, 1.54) is 12.8 Å². The Morgan fingerprint density at radius 2 is 2.21 bits per heavy atom. The first-order valence-electron chi connectivity index (χ1n) is 8.97. The fourth-order valence-corrected chi connectivity index (χ4v) is 4.92. The Morgan fingerprint density at radius 1 is 1.46 bits per heavy atom. The molecule has 24 heavy (non-hydrogen) atoms. The van der Waals surface area contributed by atoms with Gasteiger partial charge in [-0.05, 0) is 49.1 Å². The van der Waals surface area contributed by atoms with Gasteiger partial charge in [-0.3, -0.25) is 4.79 Å². The summed E-state index contributed by atoms with van der Waals surface area (Å²) in [5, 5.41) is 9.55. The third kappa shape index (κ3) is 3.97. The summed E-state index contributed by atoms with van der Waals surface area (Å²) >= 11 is 1.75. The van der Waals surface area contributed by atoms with Crippen molar-refractivity contribution < 1.29 is 9.63 Å². The van der Waals surface area contributed by atoms with Crippen molar-refractivity contribution in [3.8, 4) is 0 Å². The van der Waals surface area contributed by atoms with Crippen molar-refractivity contribution >= 4 is 23.3 Å². The first-order valence-corrected chi connectivity index (χ1v) is 10.0. The minimum absolute atomic E-state index is 0.112. The summed E-state index contributed by atoms with van der Waals surface area (Å²) < 4.78 is 0. The number of Topliss-reactive ketones (excluding diaryl/α,β-unsaturated/α-hetero) is 1. The van der Waals surface area contributed by atoms with Gasteiger partial charge in [0.1, 0.15) is 5.71 Å². The molecule has 0 aromatic rings. The number of piperidine rings is 1. The zero-order chi connectivity index (χ0) is 17.2. The lowest BCUT2D eigenvalue weighted by atomic mass is 9.67. The number of nitrogens with two attached hydrogens (primary N) is 1. The molecular formula is C18H29N3O2S. The number of oxime groups is 1. The standard InChI is InChI=1S/C18H29N3O2S/c1-17(2)6-3-16(22)18(12-17)9-15(21-23-18)14(19)11-24-10-13-4-7-20-8-5-13/h11,13,20H,3-10,12,19H2,1-2H3/b14-11-. The van der Waals surface area contributed by atoms with Gasteiger partial charge in [-0.1, -0.05) is 19.0 Å². The van der Waals surface area contributed by atoms with Crippen LogP contribution in [0.1, 0.15) is 52.4 Å². The summed E-state index contributed by atoms with van der Waals surface area (Å²) in [5.41, 5.74) is 6.94. The molecule has 0 aromatic carbocycles. The number of carbonyl (C=O) groups is 1. The predicted octanol–water partition coefficient (Wildman–Crippen LogP) is 2.81. The normalized spacial score (nSPS) is 31.2. The van der Waals surface area contributed by atoms with E-state index in [0.29, 0.717) is 18.5 Å². The summed E-state index contributed by atoms with van der Waals surface area (Å²) in [4.78, 5) is 18.1. The molecular weight excluding hydrogens is 322 g/mol. The smallest absolute Gasteiger partial charge is 0.201 e. The van der Waals surface area contributed by atoms with E-state index in [2.05, 4.69) is 24.3 Å². The molecule has 3 rings (SSSR count). The molecule has 0 radical (unpaired) electrons. The second-order valence-corrected chi connectivity index (χ2v) is 9.07. The van der Waals surface area contributed by atoms with E-state index < -0.39 is 5.60 Å². The van der Waals surface area contributed by atoms with Crippen LogP contribution in [0.3, 0.4) is 0 Å². The van der Waals surface area contributed by atoms with Crippen LogP contribution in [0.15, 0.2) is 16.3 Å². The van der Waals surface area contributed by atoms with E-state index in [-0.39, 0.29) is 11.2 Å². The van der Waals surface area contributed by atoms with Gasteiger partial charge in [0.15, 0.2) is 5.78 Å². The van der Waals surface area contributed by atoms with Crippen molar-refractivity contribution in [2.45, 2.75) is 58.0 Å². The first-order chi connectivity index (χ1) is 11.4. The molecule has 2 heterocycles. The summed E-state index contributed by atoms with van der Waals surface area (Å²) in [6, 6.07) is 0. The Hall–Kier alpha value is -1.01. The minimum Gasteiger partial charge on any atom is -0.397 e. The van der Waals surface area contributed by atoms with Gasteiger partial charge in [-0.2, -0.15) is 0 Å². The van der Waals surface area contributed by atoms with Crippen molar-refractivity contribution in [2.24, 2.45) is 22.2 Å². The SMILES string of the molecule is CC1(C)CCC(=O)C2(CC(/C(N)=C/SCC3CCNCC3)=NO2)C1. The van der Waals surface area contributed by atoms with E-state index in [1.54, 1.807) is 11.8 Å². The number of carbonyl (C=O) groups excluding carboxylic acids is 1. The Labute approximate surface area is 148 Å². The van der Waals surface area contributed by atoms with E-state index in [1.807, 2.05) is 5.41 Å². The molecule has 1 spiro atoms. The third-order valence-electron chi connectivity index (χ3n) is 5.42. The maximum Gasteiger partial charge on any atom is 0.201 e. The zero-order valence-electron chi connectivity index (χ0n) is 14.8. The summed E-state index contributed by atoms with van der Waals surface area (Å²) in [6.07, 6.45) is 5.20. The van der Waals surface area contributed by atoms with E-state index in [0.717, 1.165) is 43.3 Å². The Balaban J connectivity index is 1.55. The highest BCUT2D eigenvalue weighted by molar-refractivity contribution is 8.02. The van der Waals surface area contributed by atoms with Crippen LogP contribution in [-0.2, 0) is 9.63 Å². The number of ketones is 1. The van der Waals surface area contributed by atoms with Crippen LogP contribution in [0.25, 0.3) is 0 Å². The van der Waals surface area contributed by atoms with Crippen LogP contribution in [0, 0.1) is 11.3 Å². The topological polar surface area (TPSA) is 76.7 Å². The van der Waals surface area contributed by atoms with Crippen molar-refractivity contribution in [3.63, 3.8) is 0 Å². The highest BCUT2D eigenvalue weighted by Gasteiger charge is 2.52. The van der Waals surface area contributed by atoms with E-state index in [4.69, 9.17) is 10.6 Å². The number of nitrogens with one attached hydrogen (secondary N) is 1. The van der Waals surface area contributed by atoms with E-state index >= 15 is 0 Å². The lowest BCUT2D eigenvalue weighted by Crippen LogP contribution is -2.47. The Morgan fingerprint density at radius 3 is 2.96 bits per heavy atom. The lowest BCUT2D eigenvalue weighted by molar-refractivity contribution is -0.151. The molecule has 0 aromatic heterocycles. The van der Waals surface area contributed by atoms with Crippen molar-refractivity contribution in [1.29, 1.82) is 0 Å². The molecule has 0 amide bonds. The summed E-state index contributed by atoms with van der Waals surface area (Å²) in [7, 11) is 0. The van der Waals surface area contributed by atoms with Crippen molar-refractivity contribution in [2.75, 3.05) is 18.8 Å². The number of hydrogen-bond acceptors (Lipinski definition) is 6. The maximum atomic E-state index is 12.4. The van der Waals surface area contributed by atoms with Crippen LogP contribution in [-0.4, -0.2) is 35.9 Å². The third-order valence-corrected chi connectivity index (χ3v) is 6.50. The van der Waals surface area contributed by atoms with Gasteiger partial charge in [0.05, 0.1) is 5.70 Å². The first kappa shape index (κ1) is 17.8. The molecule has 1 unspecified atom stereocenters. The molecule has 1 atom stereocenters. The predicted molar refractivity (Wildman–Crippen MR) is 98.8 cm³/mol. The van der Waals surface area contributed by atoms with Crippen LogP contribution in [0.4, 0.5) is 0 Å². The number of allylic oxidation sites excluding steroid dienone is 1. The van der Waals surface area contributed by atoms with Crippen LogP contribution >= 0.6 is 11.8 Å². The molecule has 134 valence electrons. The van der Waals surface area contributed by atoms with Crippen molar-refractivity contribution in [3.05, 3.63) is 11.1 Å². The molecule has 5 nitrogen and oxygen atoms in total. The van der Waals surface area contributed by atoms with Gasteiger partial charge < -0.3 is 15.9 Å². The molecule has 6 heteroatoms. The fraction of sp³-hybridized carbons (Fsp3) is 0.778. The second kappa shape index (κ2) is 7.08. The van der Waals surface area contributed by atoms with Crippen molar-refractivity contribution in [1.82, 2.24) is 5.32 Å². The zero-order valence-corrected chi connectivity index (χ0v) is 15.6. The van der Waals surface area contributed by atoms with Gasteiger partial charge in [0.2, 0.25) is 5.60 Å². The largest absolute Gasteiger partial charge is 0.397 e. The molecule has 3 aliphatic rings. The van der Waals surface area contributed by atoms with Gasteiger partial charge in [-0.15, -0.1) is 11.8 Å².